The number of aromatic nitrogens is 2. The Bertz CT molecular complexity index is 410. The van der Waals surface area contributed by atoms with Crippen LogP contribution >= 0.6 is 0 Å². The maximum absolute atomic E-state index is 11.8. The second kappa shape index (κ2) is 5.80. The molecule has 17 heavy (non-hydrogen) atoms. The minimum atomic E-state index is 0.255. The molecule has 92 valence electrons. The molecule has 0 bridgehead atoms. The highest BCUT2D eigenvalue weighted by atomic mass is 16.1. The van der Waals surface area contributed by atoms with Gasteiger partial charge < -0.3 is 4.57 Å². The average molecular weight is 232 g/mol. The minimum absolute atomic E-state index is 0.255. The summed E-state index contributed by atoms with van der Waals surface area (Å²) in [7, 11) is 1.96. The van der Waals surface area contributed by atoms with Gasteiger partial charge in [0.1, 0.15) is 5.82 Å². The van der Waals surface area contributed by atoms with Crippen molar-refractivity contribution in [1.82, 2.24) is 9.55 Å². The molecule has 1 heterocycles. The van der Waals surface area contributed by atoms with Gasteiger partial charge in [-0.2, -0.15) is 0 Å². The fourth-order valence-corrected chi connectivity index (χ4v) is 2.32. The Kier molecular flexibility index (Phi) is 4.13. The lowest BCUT2D eigenvalue weighted by molar-refractivity contribution is -0.114. The molecule has 1 aliphatic rings. The molecule has 1 aromatic heterocycles. The summed E-state index contributed by atoms with van der Waals surface area (Å²) < 4.78 is 1.97. The number of carbonyl (C=O) groups excluding carboxylic acids is 1. The van der Waals surface area contributed by atoms with E-state index in [1.807, 2.05) is 23.9 Å². The largest absolute Gasteiger partial charge is 0.338 e. The van der Waals surface area contributed by atoms with Gasteiger partial charge in [-0.05, 0) is 31.8 Å². The summed E-state index contributed by atoms with van der Waals surface area (Å²) in [6.45, 7) is 0. The van der Waals surface area contributed by atoms with Crippen LogP contribution in [0.25, 0.3) is 0 Å². The van der Waals surface area contributed by atoms with Gasteiger partial charge in [-0.3, -0.25) is 4.79 Å². The van der Waals surface area contributed by atoms with E-state index in [0.717, 1.165) is 25.1 Å². The summed E-state index contributed by atoms with van der Waals surface area (Å²) in [6, 6.07) is 0. The molecule has 1 fully saturated rings. The van der Waals surface area contributed by atoms with Crippen LogP contribution in [0.4, 0.5) is 0 Å². The van der Waals surface area contributed by atoms with Crippen LogP contribution < -0.4 is 0 Å². The SMILES string of the molecule is Cn1ccnc1CCC(=O)C=C1CCCCC1. The predicted octanol–water partition coefficient (Wildman–Crippen LogP) is 2.81. The van der Waals surface area contributed by atoms with Crippen molar-refractivity contribution in [3.05, 3.63) is 29.9 Å². The van der Waals surface area contributed by atoms with Crippen molar-refractivity contribution in [2.75, 3.05) is 0 Å². The smallest absolute Gasteiger partial charge is 0.156 e. The Morgan fingerprint density at radius 2 is 2.18 bits per heavy atom. The van der Waals surface area contributed by atoms with Crippen LogP contribution in [0.5, 0.6) is 0 Å². The quantitative estimate of drug-likeness (QED) is 0.748. The van der Waals surface area contributed by atoms with E-state index in [-0.39, 0.29) is 5.78 Å². The van der Waals surface area contributed by atoms with Gasteiger partial charge in [0, 0.05) is 32.3 Å². The van der Waals surface area contributed by atoms with E-state index in [1.54, 1.807) is 6.20 Å². The van der Waals surface area contributed by atoms with Crippen molar-refractivity contribution < 1.29 is 4.79 Å². The Morgan fingerprint density at radius 1 is 1.41 bits per heavy atom. The van der Waals surface area contributed by atoms with Gasteiger partial charge in [0.05, 0.1) is 0 Å². The number of ketones is 1. The zero-order valence-corrected chi connectivity index (χ0v) is 10.5. The molecule has 1 aliphatic carbocycles. The standard InChI is InChI=1S/C14H20N2O/c1-16-10-9-15-14(16)8-7-13(17)11-12-5-3-2-4-6-12/h9-11H,2-8H2,1H3. The number of rotatable bonds is 4. The third-order valence-electron chi connectivity index (χ3n) is 3.38. The van der Waals surface area contributed by atoms with Crippen molar-refractivity contribution in [3.63, 3.8) is 0 Å². The number of hydrogen-bond donors (Lipinski definition) is 0. The first kappa shape index (κ1) is 12.1. The van der Waals surface area contributed by atoms with Gasteiger partial charge in [-0.15, -0.1) is 0 Å². The van der Waals surface area contributed by atoms with Gasteiger partial charge >= 0.3 is 0 Å². The Hall–Kier alpha value is -1.38. The highest BCUT2D eigenvalue weighted by molar-refractivity contribution is 5.90. The Labute approximate surface area is 103 Å². The molecular weight excluding hydrogens is 212 g/mol. The van der Waals surface area contributed by atoms with E-state index in [4.69, 9.17) is 0 Å². The topological polar surface area (TPSA) is 34.9 Å². The number of imidazole rings is 1. The normalized spacial score (nSPS) is 15.9. The summed E-state index contributed by atoms with van der Waals surface area (Å²) in [5.41, 5.74) is 1.35. The summed E-state index contributed by atoms with van der Waals surface area (Å²) >= 11 is 0. The van der Waals surface area contributed by atoms with Crippen molar-refractivity contribution >= 4 is 5.78 Å². The van der Waals surface area contributed by atoms with Crippen LogP contribution in [0.2, 0.25) is 0 Å². The van der Waals surface area contributed by atoms with E-state index < -0.39 is 0 Å². The first-order chi connectivity index (χ1) is 8.25. The van der Waals surface area contributed by atoms with E-state index in [1.165, 1.54) is 24.8 Å². The summed E-state index contributed by atoms with van der Waals surface area (Å²) in [6.07, 6.45) is 12.9. The lowest BCUT2D eigenvalue weighted by atomic mass is 9.93. The summed E-state index contributed by atoms with van der Waals surface area (Å²) in [4.78, 5) is 16.0. The van der Waals surface area contributed by atoms with Crippen LogP contribution in [-0.4, -0.2) is 15.3 Å². The van der Waals surface area contributed by atoms with Gasteiger partial charge in [0.25, 0.3) is 0 Å². The van der Waals surface area contributed by atoms with Crippen molar-refractivity contribution in [2.24, 2.45) is 7.05 Å². The molecule has 3 nitrogen and oxygen atoms in total. The van der Waals surface area contributed by atoms with Gasteiger partial charge in [0.2, 0.25) is 0 Å². The summed E-state index contributed by atoms with van der Waals surface area (Å²) in [5.74, 6) is 1.24. The fourth-order valence-electron chi connectivity index (χ4n) is 2.32. The molecule has 0 atom stereocenters. The third-order valence-corrected chi connectivity index (χ3v) is 3.38. The monoisotopic (exact) mass is 232 g/mol. The van der Waals surface area contributed by atoms with Crippen molar-refractivity contribution in [1.29, 1.82) is 0 Å². The maximum Gasteiger partial charge on any atom is 0.156 e. The molecule has 0 aromatic carbocycles. The lowest BCUT2D eigenvalue weighted by Gasteiger charge is -2.12. The third kappa shape index (κ3) is 3.55. The molecule has 2 rings (SSSR count). The van der Waals surface area contributed by atoms with Crippen LogP contribution in [0.1, 0.15) is 44.3 Å². The molecule has 0 aliphatic heterocycles. The zero-order chi connectivity index (χ0) is 12.1. The lowest BCUT2D eigenvalue weighted by Crippen LogP contribution is -2.04. The second-order valence-corrected chi connectivity index (χ2v) is 4.78. The second-order valence-electron chi connectivity index (χ2n) is 4.78. The van der Waals surface area contributed by atoms with Crippen LogP contribution in [0, 0.1) is 0 Å². The average Bonchev–Trinajstić information content (AvgIpc) is 2.74. The number of allylic oxidation sites excluding steroid dienone is 2. The number of aryl methyl sites for hydroxylation is 2. The fraction of sp³-hybridized carbons (Fsp3) is 0.571. The van der Waals surface area contributed by atoms with Crippen molar-refractivity contribution in [3.8, 4) is 0 Å². The van der Waals surface area contributed by atoms with Gasteiger partial charge in [0.15, 0.2) is 5.78 Å². The number of hydrogen-bond acceptors (Lipinski definition) is 2. The maximum atomic E-state index is 11.8. The number of nitrogens with zero attached hydrogens (tertiary/aromatic N) is 2. The molecule has 1 saturated carbocycles. The first-order valence-electron chi connectivity index (χ1n) is 6.44. The van der Waals surface area contributed by atoms with Gasteiger partial charge in [-0.1, -0.05) is 12.0 Å². The molecular formula is C14H20N2O. The van der Waals surface area contributed by atoms with Crippen LogP contribution in [0.15, 0.2) is 24.0 Å². The predicted molar refractivity (Wildman–Crippen MR) is 67.7 cm³/mol. The molecule has 0 unspecified atom stereocenters. The molecule has 0 N–H and O–H groups in total. The van der Waals surface area contributed by atoms with Gasteiger partial charge in [-0.25, -0.2) is 4.98 Å². The minimum Gasteiger partial charge on any atom is -0.338 e. The van der Waals surface area contributed by atoms with E-state index in [0.29, 0.717) is 6.42 Å². The molecule has 0 saturated heterocycles. The van der Waals surface area contributed by atoms with Crippen LogP contribution in [0.3, 0.4) is 0 Å². The highest BCUT2D eigenvalue weighted by Gasteiger charge is 2.08. The summed E-state index contributed by atoms with van der Waals surface area (Å²) in [5, 5.41) is 0. The Balaban J connectivity index is 1.83. The molecule has 1 aromatic rings. The van der Waals surface area contributed by atoms with Crippen LogP contribution in [-0.2, 0) is 18.3 Å². The van der Waals surface area contributed by atoms with E-state index >= 15 is 0 Å². The van der Waals surface area contributed by atoms with E-state index in [2.05, 4.69) is 4.98 Å². The Morgan fingerprint density at radius 3 is 2.82 bits per heavy atom. The zero-order valence-electron chi connectivity index (χ0n) is 10.5. The molecule has 0 amide bonds. The molecule has 3 heteroatoms. The highest BCUT2D eigenvalue weighted by Crippen LogP contribution is 2.22. The number of carbonyl (C=O) groups is 1. The van der Waals surface area contributed by atoms with Crippen molar-refractivity contribution in [2.45, 2.75) is 44.9 Å². The first-order valence-corrected chi connectivity index (χ1v) is 6.44. The molecule has 0 radical (unpaired) electrons. The van der Waals surface area contributed by atoms with E-state index in [9.17, 15) is 4.79 Å². The molecule has 0 spiro atoms.